The minimum absolute atomic E-state index is 0.0291. The largest absolute Gasteiger partial charge is 0.497 e. The van der Waals surface area contributed by atoms with E-state index in [0.29, 0.717) is 73.2 Å². The Bertz CT molecular complexity index is 2570. The molecule has 2 saturated carbocycles. The Morgan fingerprint density at radius 3 is 2.38 bits per heavy atom. The van der Waals surface area contributed by atoms with Gasteiger partial charge in [0, 0.05) is 17.7 Å². The summed E-state index contributed by atoms with van der Waals surface area (Å²) in [5, 5.41) is 14.6. The number of carboxylic acid groups (broad SMARTS) is 1. The van der Waals surface area contributed by atoms with Crippen LogP contribution in [0.15, 0.2) is 54.7 Å². The summed E-state index contributed by atoms with van der Waals surface area (Å²) >= 11 is 0. The average molecular weight is 971 g/mol. The van der Waals surface area contributed by atoms with Crippen LogP contribution in [-0.4, -0.2) is 117 Å². The molecule has 0 bridgehead atoms. The Labute approximate surface area is 394 Å². The smallest absolute Gasteiger partial charge is 0.411 e. The predicted octanol–water partition coefficient (Wildman–Crippen LogP) is 7.41. The number of methoxy groups -OCH3 is 1. The zero-order valence-electron chi connectivity index (χ0n) is 39.6. The summed E-state index contributed by atoms with van der Waals surface area (Å²) < 4.78 is 90.6. The maximum absolute atomic E-state index is 15.4. The lowest BCUT2D eigenvalue weighted by Gasteiger charge is -2.46. The second kappa shape index (κ2) is 18.7. The van der Waals surface area contributed by atoms with E-state index < -0.39 is 92.4 Å². The first-order valence-corrected chi connectivity index (χ1v) is 24.6. The van der Waals surface area contributed by atoms with Crippen molar-refractivity contribution in [1.29, 1.82) is 0 Å². The van der Waals surface area contributed by atoms with Crippen molar-refractivity contribution in [2.75, 3.05) is 13.7 Å². The minimum Gasteiger partial charge on any atom is -0.497 e. The lowest BCUT2D eigenvalue weighted by Crippen LogP contribution is -2.66. The third kappa shape index (κ3) is 9.92. The summed E-state index contributed by atoms with van der Waals surface area (Å²) in [6, 6.07) is 6.94. The van der Waals surface area contributed by atoms with E-state index in [9.17, 15) is 41.1 Å². The number of amides is 4. The number of carbonyl (C=O) groups excluding carboxylic acids is 3. The Kier molecular flexibility index (Phi) is 13.8. The van der Waals surface area contributed by atoms with Crippen LogP contribution in [0.25, 0.3) is 22.2 Å². The van der Waals surface area contributed by atoms with Crippen molar-refractivity contribution in [2.45, 2.75) is 146 Å². The van der Waals surface area contributed by atoms with E-state index in [0.717, 1.165) is 4.90 Å². The first-order valence-electron chi connectivity index (χ1n) is 23.1. The molecule has 3 aromatic rings. The predicted molar refractivity (Wildman–Crippen MR) is 245 cm³/mol. The van der Waals surface area contributed by atoms with Crippen molar-refractivity contribution in [3.8, 4) is 28.8 Å². The minimum atomic E-state index is -5.12. The van der Waals surface area contributed by atoms with Gasteiger partial charge in [0.2, 0.25) is 27.7 Å². The fourth-order valence-electron chi connectivity index (χ4n) is 9.35. The lowest BCUT2D eigenvalue weighted by molar-refractivity contribution is -0.222. The molecule has 0 spiro atoms. The molecule has 68 heavy (non-hydrogen) atoms. The topological polar surface area (TPSA) is 207 Å². The molecule has 7 atom stereocenters. The van der Waals surface area contributed by atoms with Crippen molar-refractivity contribution in [1.82, 2.24) is 29.8 Å². The van der Waals surface area contributed by atoms with E-state index in [2.05, 4.69) is 15.0 Å². The molecule has 0 radical (unpaired) electrons. The highest BCUT2D eigenvalue weighted by Gasteiger charge is 2.64. The Balaban J connectivity index is 1.33. The zero-order chi connectivity index (χ0) is 49.7. The highest BCUT2D eigenvalue weighted by atomic mass is 32.2. The molecule has 2 aliphatic heterocycles. The number of nitrogens with zero attached hydrogens (tertiary/aromatic N) is 4. The number of carbonyl (C=O) groups is 4. The molecule has 2 aliphatic carbocycles. The number of fused-ring (bicyclic) bond motifs is 3. The van der Waals surface area contributed by atoms with Crippen molar-refractivity contribution in [3.63, 3.8) is 0 Å². The van der Waals surface area contributed by atoms with Crippen LogP contribution in [0.3, 0.4) is 0 Å². The van der Waals surface area contributed by atoms with E-state index in [1.54, 1.807) is 55.6 Å². The first kappa shape index (κ1) is 50.2. The number of alkyl halides is 3. The Morgan fingerprint density at radius 2 is 1.78 bits per heavy atom. The van der Waals surface area contributed by atoms with Crippen LogP contribution in [0.2, 0.25) is 0 Å². The molecular weight excluding hydrogens is 910 g/mol. The van der Waals surface area contributed by atoms with Crippen LogP contribution in [0.4, 0.5) is 18.0 Å². The molecule has 0 unspecified atom stereocenters. The summed E-state index contributed by atoms with van der Waals surface area (Å²) in [5.74, 6) is -3.58. The fraction of sp³-hybridized carbons (Fsp3) is 0.583. The number of allylic oxidation sites excluding steroid dienone is 1. The van der Waals surface area contributed by atoms with Crippen LogP contribution in [0.5, 0.6) is 17.4 Å². The monoisotopic (exact) mass is 970 g/mol. The number of aromatic nitrogens is 2. The van der Waals surface area contributed by atoms with E-state index >= 15 is 4.79 Å². The Morgan fingerprint density at radius 1 is 1.07 bits per heavy atom. The van der Waals surface area contributed by atoms with Gasteiger partial charge in [-0.3, -0.25) is 29.0 Å². The van der Waals surface area contributed by atoms with Crippen molar-refractivity contribution in [3.05, 3.63) is 54.7 Å². The number of sulfonamides is 1. The van der Waals surface area contributed by atoms with Gasteiger partial charge < -0.3 is 29.5 Å². The van der Waals surface area contributed by atoms with Crippen molar-refractivity contribution >= 4 is 44.6 Å². The number of pyridine rings is 2. The maximum atomic E-state index is 15.4. The van der Waals surface area contributed by atoms with Crippen molar-refractivity contribution in [2.24, 2.45) is 17.8 Å². The molecule has 370 valence electrons. The number of ether oxygens (including phenoxy) is 3. The summed E-state index contributed by atoms with van der Waals surface area (Å²) in [6.45, 7) is 9.83. The van der Waals surface area contributed by atoms with Gasteiger partial charge in [-0.05, 0) is 127 Å². The van der Waals surface area contributed by atoms with Gasteiger partial charge in [0.15, 0.2) is 0 Å². The van der Waals surface area contributed by atoms with Crippen molar-refractivity contribution < 1.29 is 60.1 Å². The Hall–Kier alpha value is -5.66. The number of benzene rings is 1. The van der Waals surface area contributed by atoms with Crippen LogP contribution in [-0.2, 0) is 24.4 Å². The van der Waals surface area contributed by atoms with Gasteiger partial charge in [-0.25, -0.2) is 18.2 Å². The molecule has 1 saturated heterocycles. The van der Waals surface area contributed by atoms with E-state index in [1.807, 2.05) is 26.8 Å². The van der Waals surface area contributed by atoms with Gasteiger partial charge in [0.25, 0.3) is 5.91 Å². The SMILES string of the molecule is CC[C@@H]1C[C@@H](C)CC/C=C\[C@@H]2C[C@@]2(C(=O)NS(=O)(=O)C2(C)CC2)NC(=O)[C@@H]2C[C@@H](Oc3nc(-c4ccc(OC(C)C)cn4)cc4cc(OC)ccc34)CN2C(=O)[C@H]1N(C(=O)O)C(C)(C)C(F)(F)F. The number of nitrogens with one attached hydrogen (secondary N) is 2. The fourth-order valence-corrected chi connectivity index (χ4v) is 10.7. The van der Waals surface area contributed by atoms with Gasteiger partial charge in [-0.15, -0.1) is 0 Å². The van der Waals surface area contributed by atoms with Gasteiger partial charge in [-0.1, -0.05) is 32.4 Å². The molecule has 4 aliphatic rings. The molecule has 1 aromatic carbocycles. The third-order valence-electron chi connectivity index (χ3n) is 14.0. The summed E-state index contributed by atoms with van der Waals surface area (Å²) in [7, 11) is -2.65. The first-order chi connectivity index (χ1) is 31.8. The molecule has 3 N–H and O–H groups in total. The lowest BCUT2D eigenvalue weighted by atomic mass is 9.82. The average Bonchev–Trinajstić information content (AvgIpc) is 4.15. The maximum Gasteiger partial charge on any atom is 0.411 e. The van der Waals surface area contributed by atoms with Gasteiger partial charge in [0.05, 0.1) is 42.1 Å². The van der Waals surface area contributed by atoms with E-state index in [-0.39, 0.29) is 48.5 Å². The number of hydrogen-bond donors (Lipinski definition) is 3. The van der Waals surface area contributed by atoms with Gasteiger partial charge in [0.1, 0.15) is 40.8 Å². The second-order valence-corrected chi connectivity index (χ2v) is 21.9. The summed E-state index contributed by atoms with van der Waals surface area (Å²) in [5.41, 5.74) is -4.00. The van der Waals surface area contributed by atoms with Crippen LogP contribution < -0.4 is 24.2 Å². The number of halogens is 3. The van der Waals surface area contributed by atoms with E-state index in [1.165, 1.54) is 14.0 Å². The second-order valence-electron chi connectivity index (χ2n) is 19.8. The summed E-state index contributed by atoms with van der Waals surface area (Å²) in [4.78, 5) is 68.3. The molecule has 7 rings (SSSR count). The quantitative estimate of drug-likeness (QED) is 0.152. The van der Waals surface area contributed by atoms with Gasteiger partial charge in [-0.2, -0.15) is 13.2 Å². The highest BCUT2D eigenvalue weighted by Crippen LogP contribution is 2.48. The molecular formula is C48H61F3N6O10S. The van der Waals surface area contributed by atoms with Gasteiger partial charge >= 0.3 is 12.3 Å². The molecule has 20 heteroatoms. The normalized spacial score (nSPS) is 26.9. The van der Waals surface area contributed by atoms with Crippen LogP contribution in [0, 0.1) is 17.8 Å². The van der Waals surface area contributed by atoms with Crippen LogP contribution in [0.1, 0.15) is 99.8 Å². The third-order valence-corrected chi connectivity index (χ3v) is 16.2. The zero-order valence-corrected chi connectivity index (χ0v) is 40.4. The molecule has 4 amide bonds. The summed E-state index contributed by atoms with van der Waals surface area (Å²) in [6.07, 6.45) is -1.50. The molecule has 16 nitrogen and oxygen atoms in total. The highest BCUT2D eigenvalue weighted by molar-refractivity contribution is 7.91. The molecule has 3 fully saturated rings. The standard InChI is InChI=1S/C48H61F3N6O10S/c1-9-29-20-28(4)12-10-11-13-31-24-47(31,43(60)55-68(63,64)46(7)18-19-46)54-40(58)38-23-34(26-56(38)42(59)39(29)57(44(61)62)45(5,6)48(49,50)51)67-41-35-16-14-32(65-8)21-30(35)22-37(53-41)36-17-15-33(25-52-36)66-27(2)3/h11,13-17,21-22,25,27-29,31,34,38-39H,9-10,12,18-20,23-24,26H2,1-8H3,(H,54,58)(H,55,60)(H,61,62)/b13-11-/t28-,29+,31+,34+,38-,39-,47+/m0/s1. The molecule has 2 aromatic heterocycles. The van der Waals surface area contributed by atoms with Crippen LogP contribution >= 0.6 is 0 Å². The number of rotatable bonds is 12. The van der Waals surface area contributed by atoms with E-state index in [4.69, 9.17) is 19.2 Å². The number of hydrogen-bond acceptors (Lipinski definition) is 11. The molecule has 4 heterocycles.